The summed E-state index contributed by atoms with van der Waals surface area (Å²) in [7, 11) is 0. The Kier molecular flexibility index (Phi) is 4.39. The Balaban J connectivity index is 2.11. The van der Waals surface area contributed by atoms with Crippen molar-refractivity contribution in [3.05, 3.63) is 16.4 Å². The van der Waals surface area contributed by atoms with Crippen LogP contribution in [-0.4, -0.2) is 32.0 Å². The molecule has 17 heavy (non-hydrogen) atoms. The second-order valence-corrected chi connectivity index (χ2v) is 6.21. The van der Waals surface area contributed by atoms with E-state index in [9.17, 15) is 5.11 Å². The van der Waals surface area contributed by atoms with Crippen LogP contribution in [-0.2, 0) is 13.0 Å². The van der Waals surface area contributed by atoms with Crippen LogP contribution >= 0.6 is 23.4 Å². The van der Waals surface area contributed by atoms with E-state index in [1.54, 1.807) is 0 Å². The second kappa shape index (κ2) is 5.63. The molecule has 1 fully saturated rings. The molecular weight excluding hydrogens is 256 g/mol. The van der Waals surface area contributed by atoms with Gasteiger partial charge in [0.25, 0.3) is 0 Å². The number of aryl methyl sites for hydroxylation is 2. The van der Waals surface area contributed by atoms with Crippen molar-refractivity contribution in [2.24, 2.45) is 0 Å². The minimum Gasteiger partial charge on any atom is -0.392 e. The van der Waals surface area contributed by atoms with E-state index in [0.29, 0.717) is 16.7 Å². The van der Waals surface area contributed by atoms with Crippen LogP contribution in [0.3, 0.4) is 0 Å². The lowest BCUT2D eigenvalue weighted by molar-refractivity contribution is 0.167. The van der Waals surface area contributed by atoms with E-state index in [1.165, 1.54) is 12.2 Å². The molecule has 96 valence electrons. The van der Waals surface area contributed by atoms with Crippen LogP contribution in [0.5, 0.6) is 0 Å². The van der Waals surface area contributed by atoms with E-state index in [1.807, 2.05) is 30.3 Å². The third kappa shape index (κ3) is 2.80. The first kappa shape index (κ1) is 13.2. The van der Waals surface area contributed by atoms with Gasteiger partial charge in [-0.1, -0.05) is 11.6 Å². The van der Waals surface area contributed by atoms with Crippen LogP contribution in [0.25, 0.3) is 0 Å². The van der Waals surface area contributed by atoms with Gasteiger partial charge in [0.15, 0.2) is 0 Å². The maximum Gasteiger partial charge on any atom is 0.0848 e. The van der Waals surface area contributed by atoms with Gasteiger partial charge < -0.3 is 5.11 Å². The fourth-order valence-electron chi connectivity index (χ4n) is 2.30. The highest BCUT2D eigenvalue weighted by Gasteiger charge is 2.26. The highest BCUT2D eigenvalue weighted by atomic mass is 35.5. The molecule has 1 aliphatic rings. The van der Waals surface area contributed by atoms with Gasteiger partial charge in [0, 0.05) is 18.2 Å². The van der Waals surface area contributed by atoms with E-state index in [4.69, 9.17) is 11.6 Å². The molecule has 1 N–H and O–H groups in total. The summed E-state index contributed by atoms with van der Waals surface area (Å²) in [5.41, 5.74) is 1.83. The topological polar surface area (TPSA) is 38.0 Å². The van der Waals surface area contributed by atoms with Gasteiger partial charge in [-0.2, -0.15) is 16.9 Å². The first-order valence-corrected chi connectivity index (χ1v) is 7.57. The minimum absolute atomic E-state index is 0.304. The molecule has 0 aromatic carbocycles. The van der Waals surface area contributed by atoms with Gasteiger partial charge in [0.2, 0.25) is 0 Å². The molecule has 2 atom stereocenters. The molecule has 0 radical (unpaired) electrons. The summed E-state index contributed by atoms with van der Waals surface area (Å²) in [6, 6.07) is 0. The zero-order chi connectivity index (χ0) is 12.4. The van der Waals surface area contributed by atoms with Crippen LogP contribution < -0.4 is 0 Å². The van der Waals surface area contributed by atoms with Crippen LogP contribution in [0.4, 0.5) is 0 Å². The molecule has 0 amide bonds. The molecule has 0 spiro atoms. The smallest absolute Gasteiger partial charge is 0.0848 e. The Labute approximate surface area is 112 Å². The van der Waals surface area contributed by atoms with E-state index in [2.05, 4.69) is 5.10 Å². The van der Waals surface area contributed by atoms with Crippen molar-refractivity contribution in [3.63, 3.8) is 0 Å². The number of aromatic nitrogens is 2. The molecular formula is C12H19ClN2OS. The summed E-state index contributed by atoms with van der Waals surface area (Å²) in [6.07, 6.45) is 2.64. The third-order valence-electron chi connectivity index (χ3n) is 3.25. The van der Waals surface area contributed by atoms with Crippen molar-refractivity contribution in [1.29, 1.82) is 0 Å². The zero-order valence-corrected chi connectivity index (χ0v) is 11.9. The van der Waals surface area contributed by atoms with Gasteiger partial charge in [0.05, 0.1) is 22.5 Å². The Bertz CT molecular complexity index is 388. The quantitative estimate of drug-likeness (QED) is 0.917. The normalized spacial score (nSPS) is 22.0. The lowest BCUT2D eigenvalue weighted by atomic mass is 10.1. The number of thioether (sulfide) groups is 1. The monoisotopic (exact) mass is 274 g/mol. The number of hydrogen-bond donors (Lipinski definition) is 1. The summed E-state index contributed by atoms with van der Waals surface area (Å²) in [5, 5.41) is 15.7. The second-order valence-electron chi connectivity index (χ2n) is 4.48. The average Bonchev–Trinajstić information content (AvgIpc) is 2.92. The third-order valence-corrected chi connectivity index (χ3v) is 5.24. The molecule has 1 saturated heterocycles. The van der Waals surface area contributed by atoms with Crippen molar-refractivity contribution in [2.45, 2.75) is 51.0 Å². The first-order chi connectivity index (χ1) is 8.13. The van der Waals surface area contributed by atoms with Crippen LogP contribution in [0.1, 0.15) is 31.2 Å². The van der Waals surface area contributed by atoms with Crippen LogP contribution in [0.2, 0.25) is 5.02 Å². The summed E-state index contributed by atoms with van der Waals surface area (Å²) in [5.74, 6) is 1.17. The van der Waals surface area contributed by atoms with E-state index in [-0.39, 0.29) is 6.10 Å². The van der Waals surface area contributed by atoms with Crippen LogP contribution in [0, 0.1) is 6.92 Å². The molecule has 2 rings (SSSR count). The van der Waals surface area contributed by atoms with Crippen molar-refractivity contribution in [2.75, 3.05) is 5.75 Å². The number of hydrogen-bond acceptors (Lipinski definition) is 3. The fourth-order valence-corrected chi connectivity index (χ4v) is 3.80. The van der Waals surface area contributed by atoms with Crippen molar-refractivity contribution in [1.82, 2.24) is 9.78 Å². The van der Waals surface area contributed by atoms with Gasteiger partial charge in [-0.3, -0.25) is 4.68 Å². The maximum atomic E-state index is 10.2. The van der Waals surface area contributed by atoms with Crippen LogP contribution in [0.15, 0.2) is 0 Å². The molecule has 3 nitrogen and oxygen atoms in total. The molecule has 0 saturated carbocycles. The van der Waals surface area contributed by atoms with Crippen molar-refractivity contribution >= 4 is 23.4 Å². The van der Waals surface area contributed by atoms with Crippen molar-refractivity contribution in [3.8, 4) is 0 Å². The van der Waals surface area contributed by atoms with E-state index >= 15 is 0 Å². The average molecular weight is 275 g/mol. The highest BCUT2D eigenvalue weighted by Crippen LogP contribution is 2.31. The van der Waals surface area contributed by atoms with Gasteiger partial charge in [-0.05, 0) is 32.4 Å². The predicted octanol–water partition coefficient (Wildman–Crippen LogP) is 2.66. The number of nitrogens with zero attached hydrogens (tertiary/aromatic N) is 2. The molecule has 0 bridgehead atoms. The number of halogens is 1. The van der Waals surface area contributed by atoms with Gasteiger partial charge >= 0.3 is 0 Å². The zero-order valence-electron chi connectivity index (χ0n) is 10.3. The molecule has 1 aliphatic heterocycles. The first-order valence-electron chi connectivity index (χ1n) is 6.15. The fraction of sp³-hybridized carbons (Fsp3) is 0.750. The lowest BCUT2D eigenvalue weighted by Gasteiger charge is -2.17. The Morgan fingerprint density at radius 3 is 3.00 bits per heavy atom. The molecule has 1 aromatic heterocycles. The highest BCUT2D eigenvalue weighted by molar-refractivity contribution is 8.00. The van der Waals surface area contributed by atoms with Gasteiger partial charge in [-0.25, -0.2) is 0 Å². The molecule has 1 aromatic rings. The predicted molar refractivity (Wildman–Crippen MR) is 72.8 cm³/mol. The Morgan fingerprint density at radius 2 is 2.41 bits per heavy atom. The van der Waals surface area contributed by atoms with E-state index in [0.717, 1.165) is 24.4 Å². The summed E-state index contributed by atoms with van der Waals surface area (Å²) in [6.45, 7) is 4.76. The summed E-state index contributed by atoms with van der Waals surface area (Å²) >= 11 is 8.12. The lowest BCUT2D eigenvalue weighted by Crippen LogP contribution is -2.24. The standard InChI is InChI=1S/C12H19ClN2OS/c1-3-15-9(12(13)8(2)14-15)7-10(16)11-5-4-6-17-11/h10-11,16H,3-7H2,1-2H3. The largest absolute Gasteiger partial charge is 0.392 e. The molecule has 2 heterocycles. The summed E-state index contributed by atoms with van der Waals surface area (Å²) in [4.78, 5) is 0. The number of rotatable bonds is 4. The molecule has 2 unspecified atom stereocenters. The Morgan fingerprint density at radius 1 is 1.65 bits per heavy atom. The summed E-state index contributed by atoms with van der Waals surface area (Å²) < 4.78 is 1.90. The minimum atomic E-state index is -0.304. The SMILES string of the molecule is CCn1nc(C)c(Cl)c1CC(O)C1CCCS1. The van der Waals surface area contributed by atoms with E-state index < -0.39 is 0 Å². The molecule has 5 heteroatoms. The number of aliphatic hydroxyl groups excluding tert-OH is 1. The van der Waals surface area contributed by atoms with Gasteiger partial charge in [0.1, 0.15) is 0 Å². The van der Waals surface area contributed by atoms with Gasteiger partial charge in [-0.15, -0.1) is 0 Å². The Hall–Kier alpha value is -0.190. The maximum absolute atomic E-state index is 10.2. The molecule has 0 aliphatic carbocycles. The van der Waals surface area contributed by atoms with Crippen molar-refractivity contribution < 1.29 is 5.11 Å². The number of aliphatic hydroxyl groups is 1.